The van der Waals surface area contributed by atoms with Crippen molar-refractivity contribution in [1.29, 1.82) is 0 Å². The third-order valence-corrected chi connectivity index (χ3v) is 7.12. The second-order valence-corrected chi connectivity index (χ2v) is 8.38. The first-order valence-electron chi connectivity index (χ1n) is 6.25. The van der Waals surface area contributed by atoms with Crippen LogP contribution in [0.5, 0.6) is 0 Å². The van der Waals surface area contributed by atoms with Gasteiger partial charge in [0.15, 0.2) is 0 Å². The molecule has 0 aromatic carbocycles. The predicted octanol–water partition coefficient (Wildman–Crippen LogP) is 5.50. The van der Waals surface area contributed by atoms with Gasteiger partial charge in [-0.2, -0.15) is 0 Å². The molecule has 1 saturated carbocycles. The molecule has 1 N–H and O–H groups in total. The molecule has 1 aliphatic carbocycles. The first-order valence-corrected chi connectivity index (χ1v) is 8.65. The molecule has 0 amide bonds. The highest BCUT2D eigenvalue weighted by atomic mass is 79.9. The summed E-state index contributed by atoms with van der Waals surface area (Å²) in [5, 5.41) is 3.69. The van der Waals surface area contributed by atoms with Gasteiger partial charge in [0.25, 0.3) is 0 Å². The van der Waals surface area contributed by atoms with E-state index < -0.39 is 0 Å². The van der Waals surface area contributed by atoms with E-state index in [4.69, 9.17) is 0 Å². The van der Waals surface area contributed by atoms with Crippen molar-refractivity contribution in [2.24, 2.45) is 5.41 Å². The van der Waals surface area contributed by atoms with Crippen LogP contribution in [0.2, 0.25) is 0 Å². The molecule has 0 bridgehead atoms. The average molecular weight is 381 g/mol. The fourth-order valence-corrected chi connectivity index (χ4v) is 5.21. The second-order valence-electron chi connectivity index (χ2n) is 5.12. The Morgan fingerprint density at radius 1 is 1.41 bits per heavy atom. The maximum absolute atomic E-state index is 3.69. The number of hydrogen-bond donors (Lipinski definition) is 1. The van der Waals surface area contributed by atoms with E-state index in [1.165, 1.54) is 38.8 Å². The number of thiophene rings is 1. The Bertz CT molecular complexity index is 363. The van der Waals surface area contributed by atoms with Crippen LogP contribution >= 0.6 is 43.2 Å². The number of hydrogen-bond acceptors (Lipinski definition) is 2. The second kappa shape index (κ2) is 5.72. The van der Waals surface area contributed by atoms with Crippen molar-refractivity contribution in [1.82, 2.24) is 5.32 Å². The Kier molecular flexibility index (Phi) is 4.73. The van der Waals surface area contributed by atoms with E-state index >= 15 is 0 Å². The average Bonchev–Trinajstić information content (AvgIpc) is 2.84. The molecule has 1 unspecified atom stereocenters. The summed E-state index contributed by atoms with van der Waals surface area (Å²) in [5.41, 5.74) is 0.430. The summed E-state index contributed by atoms with van der Waals surface area (Å²) in [5.74, 6) is 0. The summed E-state index contributed by atoms with van der Waals surface area (Å²) in [6.07, 6.45) is 5.45. The van der Waals surface area contributed by atoms with Crippen molar-refractivity contribution in [3.63, 3.8) is 0 Å². The standard InChI is InChI=1S/C13H19Br2NS/c1-3-16-11(13(2)6-4-5-7-13)10-8-9(14)12(15)17-10/h8,11,16H,3-7H2,1-2H3. The zero-order valence-corrected chi connectivity index (χ0v) is 14.3. The molecule has 2 rings (SSSR count). The molecular formula is C13H19Br2NS. The van der Waals surface area contributed by atoms with Crippen LogP contribution in [0.15, 0.2) is 14.3 Å². The summed E-state index contributed by atoms with van der Waals surface area (Å²) in [6, 6.07) is 2.77. The van der Waals surface area contributed by atoms with Gasteiger partial charge in [-0.3, -0.25) is 0 Å². The van der Waals surface area contributed by atoms with Gasteiger partial charge in [-0.05, 0) is 62.7 Å². The van der Waals surface area contributed by atoms with Crippen LogP contribution in [-0.4, -0.2) is 6.54 Å². The van der Waals surface area contributed by atoms with Crippen LogP contribution in [-0.2, 0) is 0 Å². The normalized spacial score (nSPS) is 20.7. The van der Waals surface area contributed by atoms with E-state index in [1.54, 1.807) is 0 Å². The van der Waals surface area contributed by atoms with E-state index in [1.807, 2.05) is 11.3 Å². The van der Waals surface area contributed by atoms with Crippen molar-refractivity contribution in [3.8, 4) is 0 Å². The minimum atomic E-state index is 0.430. The fourth-order valence-electron chi connectivity index (χ4n) is 2.87. The monoisotopic (exact) mass is 379 g/mol. The molecule has 1 aromatic heterocycles. The van der Waals surface area contributed by atoms with Crippen LogP contribution in [0, 0.1) is 5.41 Å². The molecule has 96 valence electrons. The van der Waals surface area contributed by atoms with E-state index in [0.717, 1.165) is 6.54 Å². The summed E-state index contributed by atoms with van der Waals surface area (Å²) >= 11 is 9.06. The van der Waals surface area contributed by atoms with Crippen molar-refractivity contribution in [2.45, 2.75) is 45.6 Å². The highest BCUT2D eigenvalue weighted by molar-refractivity contribution is 9.13. The topological polar surface area (TPSA) is 12.0 Å². The maximum Gasteiger partial charge on any atom is 0.0843 e. The van der Waals surface area contributed by atoms with Crippen LogP contribution in [0.25, 0.3) is 0 Å². The molecule has 1 aliphatic rings. The third kappa shape index (κ3) is 2.96. The zero-order valence-electron chi connectivity index (χ0n) is 10.4. The number of halogens is 2. The molecule has 0 saturated heterocycles. The lowest BCUT2D eigenvalue weighted by atomic mass is 9.80. The Labute approximate surface area is 125 Å². The first kappa shape index (κ1) is 14.0. The molecule has 1 atom stereocenters. The van der Waals surface area contributed by atoms with E-state index in [-0.39, 0.29) is 0 Å². The minimum absolute atomic E-state index is 0.430. The maximum atomic E-state index is 3.69. The lowest BCUT2D eigenvalue weighted by Gasteiger charge is -2.34. The Morgan fingerprint density at radius 2 is 2.06 bits per heavy atom. The van der Waals surface area contributed by atoms with Crippen molar-refractivity contribution < 1.29 is 0 Å². The summed E-state index contributed by atoms with van der Waals surface area (Å²) in [4.78, 5) is 1.45. The van der Waals surface area contributed by atoms with E-state index in [9.17, 15) is 0 Å². The first-order chi connectivity index (χ1) is 8.07. The quantitative estimate of drug-likeness (QED) is 0.726. The fraction of sp³-hybridized carbons (Fsp3) is 0.692. The number of nitrogens with one attached hydrogen (secondary N) is 1. The summed E-state index contributed by atoms with van der Waals surface area (Å²) < 4.78 is 2.39. The SMILES string of the molecule is CCNC(c1cc(Br)c(Br)s1)C1(C)CCCC1. The molecule has 1 heterocycles. The lowest BCUT2D eigenvalue weighted by Crippen LogP contribution is -2.33. The molecule has 0 spiro atoms. The summed E-state index contributed by atoms with van der Waals surface area (Å²) in [7, 11) is 0. The molecule has 0 aliphatic heterocycles. The Hall–Kier alpha value is 0.620. The van der Waals surface area contributed by atoms with E-state index in [0.29, 0.717) is 11.5 Å². The Morgan fingerprint density at radius 3 is 2.53 bits per heavy atom. The molecule has 4 heteroatoms. The molecule has 1 nitrogen and oxygen atoms in total. The molecule has 1 fully saturated rings. The highest BCUT2D eigenvalue weighted by Gasteiger charge is 2.38. The van der Waals surface area contributed by atoms with Crippen molar-refractivity contribution in [2.75, 3.05) is 6.54 Å². The van der Waals surface area contributed by atoms with Crippen LogP contribution < -0.4 is 5.32 Å². The molecule has 0 radical (unpaired) electrons. The molecular weight excluding hydrogens is 362 g/mol. The zero-order chi connectivity index (χ0) is 12.5. The number of rotatable bonds is 4. The van der Waals surface area contributed by atoms with Gasteiger partial charge in [-0.1, -0.05) is 26.7 Å². The van der Waals surface area contributed by atoms with Gasteiger partial charge in [0.2, 0.25) is 0 Å². The van der Waals surface area contributed by atoms with E-state index in [2.05, 4.69) is 57.1 Å². The van der Waals surface area contributed by atoms with Gasteiger partial charge in [0.1, 0.15) is 0 Å². The third-order valence-electron chi connectivity index (χ3n) is 3.80. The van der Waals surface area contributed by atoms with Crippen LogP contribution in [0.4, 0.5) is 0 Å². The van der Waals surface area contributed by atoms with Gasteiger partial charge in [-0.25, -0.2) is 0 Å². The molecule has 1 aromatic rings. The lowest BCUT2D eigenvalue weighted by molar-refractivity contribution is 0.229. The van der Waals surface area contributed by atoms with Gasteiger partial charge >= 0.3 is 0 Å². The highest BCUT2D eigenvalue weighted by Crippen LogP contribution is 2.50. The van der Waals surface area contributed by atoms with Crippen molar-refractivity contribution in [3.05, 3.63) is 19.2 Å². The van der Waals surface area contributed by atoms with Gasteiger partial charge in [0, 0.05) is 15.4 Å². The molecule has 17 heavy (non-hydrogen) atoms. The minimum Gasteiger partial charge on any atom is -0.309 e. The smallest absolute Gasteiger partial charge is 0.0843 e. The summed E-state index contributed by atoms with van der Waals surface area (Å²) in [6.45, 7) is 5.67. The van der Waals surface area contributed by atoms with Gasteiger partial charge in [0.05, 0.1) is 3.79 Å². The van der Waals surface area contributed by atoms with Crippen molar-refractivity contribution >= 4 is 43.2 Å². The largest absolute Gasteiger partial charge is 0.309 e. The van der Waals surface area contributed by atoms with Crippen LogP contribution in [0.3, 0.4) is 0 Å². The van der Waals surface area contributed by atoms with Gasteiger partial charge in [-0.15, -0.1) is 11.3 Å². The Balaban J connectivity index is 2.28. The predicted molar refractivity (Wildman–Crippen MR) is 82.7 cm³/mol. The van der Waals surface area contributed by atoms with Crippen LogP contribution in [0.1, 0.15) is 50.4 Å². The van der Waals surface area contributed by atoms with Gasteiger partial charge < -0.3 is 5.32 Å².